The molecule has 0 aromatic heterocycles. The Hall–Kier alpha value is -0.0400. The fraction of sp³-hybridized carbons (Fsp3) is 1.00. The topological polar surface area (TPSA) is 3.24 Å². The Balaban J connectivity index is 1.92. The first kappa shape index (κ1) is 7.37. The molecule has 2 aliphatic heterocycles. The third kappa shape index (κ3) is 0.834. The SMILES string of the molecule is CC12CCC(CC3CCCN31)C2. The second-order valence-corrected chi connectivity index (χ2v) is 5.33. The van der Waals surface area contributed by atoms with Crippen LogP contribution < -0.4 is 0 Å². The number of hydrogen-bond acceptors (Lipinski definition) is 1. The van der Waals surface area contributed by atoms with Crippen LogP contribution in [-0.4, -0.2) is 23.0 Å². The smallest absolute Gasteiger partial charge is 0.0187 e. The van der Waals surface area contributed by atoms with Crippen LogP contribution in [0.4, 0.5) is 0 Å². The third-order valence-corrected chi connectivity index (χ3v) is 4.50. The molecular formula is C11H19N. The van der Waals surface area contributed by atoms with Crippen molar-refractivity contribution in [3.05, 3.63) is 0 Å². The quantitative estimate of drug-likeness (QED) is 0.533. The van der Waals surface area contributed by atoms with Gasteiger partial charge in [-0.05, 0) is 57.9 Å². The van der Waals surface area contributed by atoms with Crippen LogP contribution in [0.3, 0.4) is 0 Å². The van der Waals surface area contributed by atoms with E-state index in [4.69, 9.17) is 0 Å². The van der Waals surface area contributed by atoms with Gasteiger partial charge in [-0.2, -0.15) is 0 Å². The van der Waals surface area contributed by atoms with E-state index in [1.165, 1.54) is 45.1 Å². The minimum absolute atomic E-state index is 0.629. The van der Waals surface area contributed by atoms with Gasteiger partial charge in [-0.3, -0.25) is 4.90 Å². The lowest BCUT2D eigenvalue weighted by atomic mass is 9.86. The van der Waals surface area contributed by atoms with E-state index < -0.39 is 0 Å². The van der Waals surface area contributed by atoms with Gasteiger partial charge in [-0.15, -0.1) is 0 Å². The fourth-order valence-electron chi connectivity index (χ4n) is 3.98. The summed E-state index contributed by atoms with van der Waals surface area (Å²) in [7, 11) is 0. The van der Waals surface area contributed by atoms with Gasteiger partial charge in [0.25, 0.3) is 0 Å². The molecular weight excluding hydrogens is 146 g/mol. The summed E-state index contributed by atoms with van der Waals surface area (Å²) in [5, 5.41) is 0. The molecule has 3 atom stereocenters. The molecule has 68 valence electrons. The Morgan fingerprint density at radius 2 is 2.25 bits per heavy atom. The maximum Gasteiger partial charge on any atom is 0.0187 e. The number of piperidine rings is 1. The molecule has 3 aliphatic rings. The molecule has 1 aliphatic carbocycles. The molecule has 2 bridgehead atoms. The van der Waals surface area contributed by atoms with Crippen molar-refractivity contribution in [2.24, 2.45) is 5.92 Å². The highest BCUT2D eigenvalue weighted by atomic mass is 15.3. The van der Waals surface area contributed by atoms with Crippen LogP contribution in [0.15, 0.2) is 0 Å². The first-order valence-corrected chi connectivity index (χ1v) is 5.55. The fourth-order valence-corrected chi connectivity index (χ4v) is 3.98. The van der Waals surface area contributed by atoms with Gasteiger partial charge in [-0.1, -0.05) is 0 Å². The second-order valence-electron chi connectivity index (χ2n) is 5.33. The van der Waals surface area contributed by atoms with Gasteiger partial charge in [0.15, 0.2) is 0 Å². The van der Waals surface area contributed by atoms with Gasteiger partial charge in [0.2, 0.25) is 0 Å². The number of nitrogens with zero attached hydrogens (tertiary/aromatic N) is 1. The summed E-state index contributed by atoms with van der Waals surface area (Å²) in [6.45, 7) is 3.90. The molecule has 3 rings (SSSR count). The highest BCUT2D eigenvalue weighted by Crippen LogP contribution is 2.49. The summed E-state index contributed by atoms with van der Waals surface area (Å²) in [5.74, 6) is 1.09. The monoisotopic (exact) mass is 165 g/mol. The largest absolute Gasteiger partial charge is 0.295 e. The Labute approximate surface area is 75.1 Å². The molecule has 0 spiro atoms. The van der Waals surface area contributed by atoms with Gasteiger partial charge in [0, 0.05) is 11.6 Å². The molecule has 2 heterocycles. The third-order valence-electron chi connectivity index (χ3n) is 4.50. The van der Waals surface area contributed by atoms with Crippen molar-refractivity contribution in [1.82, 2.24) is 4.90 Å². The van der Waals surface area contributed by atoms with Crippen LogP contribution in [0, 0.1) is 5.92 Å². The van der Waals surface area contributed by atoms with Crippen molar-refractivity contribution < 1.29 is 0 Å². The van der Waals surface area contributed by atoms with E-state index in [0.29, 0.717) is 5.54 Å². The lowest BCUT2D eigenvalue weighted by molar-refractivity contribution is 0.0533. The molecule has 3 fully saturated rings. The molecule has 0 amide bonds. The zero-order chi connectivity index (χ0) is 8.18. The zero-order valence-corrected chi connectivity index (χ0v) is 8.05. The zero-order valence-electron chi connectivity index (χ0n) is 8.05. The van der Waals surface area contributed by atoms with Gasteiger partial charge in [0.05, 0.1) is 0 Å². The van der Waals surface area contributed by atoms with E-state index in [-0.39, 0.29) is 0 Å². The van der Waals surface area contributed by atoms with Crippen LogP contribution in [0.5, 0.6) is 0 Å². The summed E-state index contributed by atoms with van der Waals surface area (Å²) in [6.07, 6.45) is 8.98. The average molecular weight is 165 g/mol. The number of rotatable bonds is 0. The normalized spacial score (nSPS) is 52.8. The highest BCUT2D eigenvalue weighted by Gasteiger charge is 2.49. The Bertz CT molecular complexity index is 201. The van der Waals surface area contributed by atoms with Crippen molar-refractivity contribution in [2.75, 3.05) is 6.54 Å². The first-order valence-electron chi connectivity index (χ1n) is 5.55. The maximum atomic E-state index is 2.83. The Morgan fingerprint density at radius 1 is 1.33 bits per heavy atom. The summed E-state index contributed by atoms with van der Waals surface area (Å²) >= 11 is 0. The highest BCUT2D eigenvalue weighted by molar-refractivity contribution is 5.04. The summed E-state index contributed by atoms with van der Waals surface area (Å²) in [6, 6.07) is 0.983. The average Bonchev–Trinajstić information content (AvgIpc) is 2.59. The van der Waals surface area contributed by atoms with Gasteiger partial charge >= 0.3 is 0 Å². The molecule has 3 unspecified atom stereocenters. The van der Waals surface area contributed by atoms with Crippen LogP contribution >= 0.6 is 0 Å². The van der Waals surface area contributed by atoms with Crippen LogP contribution in [0.1, 0.15) is 45.4 Å². The number of hydrogen-bond donors (Lipinski definition) is 0. The summed E-state index contributed by atoms with van der Waals surface area (Å²) in [5.41, 5.74) is 0.629. The van der Waals surface area contributed by atoms with Crippen molar-refractivity contribution in [2.45, 2.75) is 57.0 Å². The minimum Gasteiger partial charge on any atom is -0.295 e. The van der Waals surface area contributed by atoms with Crippen molar-refractivity contribution in [1.29, 1.82) is 0 Å². The predicted molar refractivity (Wildman–Crippen MR) is 50.1 cm³/mol. The van der Waals surface area contributed by atoms with E-state index in [2.05, 4.69) is 11.8 Å². The molecule has 2 saturated heterocycles. The summed E-state index contributed by atoms with van der Waals surface area (Å²) in [4.78, 5) is 2.83. The van der Waals surface area contributed by atoms with Crippen molar-refractivity contribution >= 4 is 0 Å². The van der Waals surface area contributed by atoms with Gasteiger partial charge < -0.3 is 0 Å². The minimum atomic E-state index is 0.629. The first-order chi connectivity index (χ1) is 5.78. The van der Waals surface area contributed by atoms with Crippen LogP contribution in [-0.2, 0) is 0 Å². The van der Waals surface area contributed by atoms with Gasteiger partial charge in [-0.25, -0.2) is 0 Å². The molecule has 0 aromatic rings. The standard InChI is InChI=1S/C11H19N/c1-11-5-4-9(8-11)7-10-3-2-6-12(10)11/h9-10H,2-8H2,1H3. The Kier molecular flexibility index (Phi) is 1.39. The number of fused-ring (bicyclic) bond motifs is 4. The summed E-state index contributed by atoms with van der Waals surface area (Å²) < 4.78 is 0. The van der Waals surface area contributed by atoms with E-state index >= 15 is 0 Å². The van der Waals surface area contributed by atoms with E-state index in [1.54, 1.807) is 0 Å². The van der Waals surface area contributed by atoms with E-state index in [0.717, 1.165) is 12.0 Å². The van der Waals surface area contributed by atoms with Crippen molar-refractivity contribution in [3.63, 3.8) is 0 Å². The lowest BCUT2D eigenvalue weighted by Crippen LogP contribution is -2.50. The molecule has 1 saturated carbocycles. The maximum absolute atomic E-state index is 2.83. The molecule has 1 nitrogen and oxygen atoms in total. The van der Waals surface area contributed by atoms with E-state index in [9.17, 15) is 0 Å². The van der Waals surface area contributed by atoms with Crippen molar-refractivity contribution in [3.8, 4) is 0 Å². The predicted octanol–water partition coefficient (Wildman–Crippen LogP) is 2.41. The molecule has 1 heteroatoms. The molecule has 0 radical (unpaired) electrons. The Morgan fingerprint density at radius 3 is 3.17 bits per heavy atom. The molecule has 0 aromatic carbocycles. The van der Waals surface area contributed by atoms with Gasteiger partial charge in [0.1, 0.15) is 0 Å². The van der Waals surface area contributed by atoms with E-state index in [1.807, 2.05) is 0 Å². The van der Waals surface area contributed by atoms with Crippen LogP contribution in [0.2, 0.25) is 0 Å². The lowest BCUT2D eigenvalue weighted by Gasteiger charge is -2.44. The molecule has 0 N–H and O–H groups in total. The van der Waals surface area contributed by atoms with Crippen LogP contribution in [0.25, 0.3) is 0 Å². The second kappa shape index (κ2) is 2.25. The molecule has 12 heavy (non-hydrogen) atoms.